The van der Waals surface area contributed by atoms with Crippen LogP contribution in [0, 0.1) is 0 Å². The number of sulfonamides is 1. The van der Waals surface area contributed by atoms with Gasteiger partial charge in [0.15, 0.2) is 5.03 Å². The number of hydrogen-bond donors (Lipinski definition) is 2. The van der Waals surface area contributed by atoms with Gasteiger partial charge in [0.1, 0.15) is 0 Å². The fourth-order valence-corrected chi connectivity index (χ4v) is 4.34. The van der Waals surface area contributed by atoms with Gasteiger partial charge >= 0.3 is 0 Å². The molecule has 2 N–H and O–H groups in total. The molecule has 0 aromatic carbocycles. The Hall–Kier alpha value is -0.920. The number of fused-ring (bicyclic) bond motifs is 2. The highest BCUT2D eigenvalue weighted by Gasteiger charge is 2.39. The molecule has 3 rings (SSSR count). The molecule has 1 aromatic rings. The van der Waals surface area contributed by atoms with Gasteiger partial charge in [0.2, 0.25) is 0 Å². The van der Waals surface area contributed by atoms with E-state index in [1.807, 2.05) is 0 Å². The zero-order chi connectivity index (χ0) is 12.8. The topological polar surface area (TPSA) is 78.1 Å². The molecule has 2 fully saturated rings. The molecule has 0 spiro atoms. The van der Waals surface area contributed by atoms with Crippen LogP contribution in [0.5, 0.6) is 0 Å². The van der Waals surface area contributed by atoms with E-state index < -0.39 is 10.0 Å². The minimum Gasteiger partial charge on any atom is -0.311 e. The smallest absolute Gasteiger partial charge is 0.259 e. The van der Waals surface area contributed by atoms with Crippen molar-refractivity contribution in [1.29, 1.82) is 0 Å². The molecule has 0 aliphatic carbocycles. The summed E-state index contributed by atoms with van der Waals surface area (Å²) in [5.41, 5.74) is 0. The van der Waals surface area contributed by atoms with E-state index in [9.17, 15) is 8.42 Å². The van der Waals surface area contributed by atoms with Crippen molar-refractivity contribution >= 4 is 10.0 Å². The first-order valence-electron chi connectivity index (χ1n) is 6.31. The van der Waals surface area contributed by atoms with E-state index in [0.717, 1.165) is 12.8 Å². The van der Waals surface area contributed by atoms with Crippen LogP contribution in [0.3, 0.4) is 0 Å². The van der Waals surface area contributed by atoms with Crippen LogP contribution in [0.1, 0.15) is 25.7 Å². The number of aromatic amines is 1. The second-order valence-electron chi connectivity index (χ2n) is 5.21. The van der Waals surface area contributed by atoms with Crippen molar-refractivity contribution < 1.29 is 8.42 Å². The molecule has 2 aliphatic rings. The predicted molar refractivity (Wildman–Crippen MR) is 66.5 cm³/mol. The van der Waals surface area contributed by atoms with Gasteiger partial charge in [-0.05, 0) is 31.7 Å². The summed E-state index contributed by atoms with van der Waals surface area (Å²) in [5.74, 6) is 0. The maximum absolute atomic E-state index is 12.4. The zero-order valence-electron chi connectivity index (χ0n) is 10.3. The highest BCUT2D eigenvalue weighted by atomic mass is 32.2. The van der Waals surface area contributed by atoms with Gasteiger partial charge in [-0.1, -0.05) is 0 Å². The lowest BCUT2D eigenvalue weighted by Crippen LogP contribution is -2.48. The van der Waals surface area contributed by atoms with Gasteiger partial charge in [0.05, 0.1) is 6.20 Å². The molecule has 2 aliphatic heterocycles. The first-order chi connectivity index (χ1) is 8.57. The Morgan fingerprint density at radius 2 is 2.00 bits per heavy atom. The predicted octanol–water partition coefficient (Wildman–Crippen LogP) is 0.313. The average Bonchev–Trinajstić information content (AvgIpc) is 2.98. The van der Waals surface area contributed by atoms with Gasteiger partial charge in [0.25, 0.3) is 10.0 Å². The second kappa shape index (κ2) is 4.32. The molecular formula is C11H18N4O2S. The summed E-state index contributed by atoms with van der Waals surface area (Å²) in [6.07, 6.45) is 5.60. The molecule has 0 saturated carbocycles. The first kappa shape index (κ1) is 12.1. The number of nitrogens with zero attached hydrogens (tertiary/aromatic N) is 2. The number of hydrogen-bond acceptors (Lipinski definition) is 4. The van der Waals surface area contributed by atoms with Crippen molar-refractivity contribution in [2.45, 2.75) is 48.8 Å². The minimum atomic E-state index is -3.43. The highest BCUT2D eigenvalue weighted by molar-refractivity contribution is 7.89. The Labute approximate surface area is 107 Å². The quantitative estimate of drug-likeness (QED) is 0.829. The molecule has 7 heteroatoms. The molecule has 2 saturated heterocycles. The maximum atomic E-state index is 12.4. The summed E-state index contributed by atoms with van der Waals surface area (Å²) in [7, 11) is -1.75. The Balaban J connectivity index is 1.80. The van der Waals surface area contributed by atoms with E-state index in [2.05, 4.69) is 15.5 Å². The fourth-order valence-electron chi connectivity index (χ4n) is 3.06. The zero-order valence-corrected chi connectivity index (χ0v) is 11.2. The molecule has 1 aromatic heterocycles. The van der Waals surface area contributed by atoms with Gasteiger partial charge in [-0.25, -0.2) is 8.42 Å². The fraction of sp³-hybridized carbons (Fsp3) is 0.727. The summed E-state index contributed by atoms with van der Waals surface area (Å²) < 4.78 is 26.2. The van der Waals surface area contributed by atoms with Crippen LogP contribution < -0.4 is 5.32 Å². The summed E-state index contributed by atoms with van der Waals surface area (Å²) in [4.78, 5) is 0. The van der Waals surface area contributed by atoms with Crippen molar-refractivity contribution in [3.8, 4) is 0 Å². The molecule has 0 amide bonds. The molecule has 3 heterocycles. The van der Waals surface area contributed by atoms with Crippen molar-refractivity contribution in [3.63, 3.8) is 0 Å². The van der Waals surface area contributed by atoms with E-state index >= 15 is 0 Å². The van der Waals surface area contributed by atoms with E-state index in [1.165, 1.54) is 29.4 Å². The third kappa shape index (κ3) is 1.96. The van der Waals surface area contributed by atoms with Crippen LogP contribution in [0.25, 0.3) is 0 Å². The van der Waals surface area contributed by atoms with Crippen LogP contribution in [-0.4, -0.2) is 48.1 Å². The van der Waals surface area contributed by atoms with Gasteiger partial charge in [0, 0.05) is 25.2 Å². The van der Waals surface area contributed by atoms with Crippen molar-refractivity contribution in [2.75, 3.05) is 7.05 Å². The Kier molecular flexibility index (Phi) is 2.91. The van der Waals surface area contributed by atoms with E-state index in [4.69, 9.17) is 0 Å². The van der Waals surface area contributed by atoms with Crippen LogP contribution in [0.4, 0.5) is 0 Å². The standard InChI is InChI=1S/C11H18N4O2S/c1-15(18(16,17)11-4-5-12-14-11)10-6-8-2-3-9(7-10)13-8/h4-5,8-10,13H,2-3,6-7H2,1H3,(H,12,14). The largest absolute Gasteiger partial charge is 0.311 e. The molecule has 18 heavy (non-hydrogen) atoms. The third-order valence-corrected chi connectivity index (χ3v) is 5.93. The maximum Gasteiger partial charge on any atom is 0.259 e. The van der Waals surface area contributed by atoms with Gasteiger partial charge < -0.3 is 5.32 Å². The molecule has 6 nitrogen and oxygen atoms in total. The normalized spacial score (nSPS) is 32.0. The van der Waals surface area contributed by atoms with Crippen LogP contribution in [0.2, 0.25) is 0 Å². The SMILES string of the molecule is CN(C1CC2CCC(C1)N2)S(=O)(=O)c1ccn[nH]1. The van der Waals surface area contributed by atoms with E-state index in [0.29, 0.717) is 12.1 Å². The molecule has 0 radical (unpaired) electrons. The number of piperidine rings is 1. The van der Waals surface area contributed by atoms with E-state index in [-0.39, 0.29) is 11.1 Å². The summed E-state index contributed by atoms with van der Waals surface area (Å²) in [6.45, 7) is 0. The van der Waals surface area contributed by atoms with Gasteiger partial charge in [-0.2, -0.15) is 9.40 Å². The molecule has 2 atom stereocenters. The number of rotatable bonds is 3. The minimum absolute atomic E-state index is 0.0945. The highest BCUT2D eigenvalue weighted by Crippen LogP contribution is 2.31. The second-order valence-corrected chi connectivity index (χ2v) is 7.17. The molecule has 2 bridgehead atoms. The Morgan fingerprint density at radius 1 is 1.33 bits per heavy atom. The molecule has 2 unspecified atom stereocenters. The summed E-state index contributed by atoms with van der Waals surface area (Å²) >= 11 is 0. The van der Waals surface area contributed by atoms with Gasteiger partial charge in [-0.15, -0.1) is 0 Å². The lowest BCUT2D eigenvalue weighted by atomic mass is 10.0. The molecule has 100 valence electrons. The van der Waals surface area contributed by atoms with E-state index in [1.54, 1.807) is 7.05 Å². The van der Waals surface area contributed by atoms with Crippen LogP contribution >= 0.6 is 0 Å². The number of H-pyrrole nitrogens is 1. The Morgan fingerprint density at radius 3 is 2.56 bits per heavy atom. The molecular weight excluding hydrogens is 252 g/mol. The van der Waals surface area contributed by atoms with Gasteiger partial charge in [-0.3, -0.25) is 5.10 Å². The van der Waals surface area contributed by atoms with Crippen molar-refractivity contribution in [3.05, 3.63) is 12.3 Å². The van der Waals surface area contributed by atoms with Crippen LogP contribution in [0.15, 0.2) is 17.3 Å². The lowest BCUT2D eigenvalue weighted by molar-refractivity contribution is 0.251. The van der Waals surface area contributed by atoms with Crippen molar-refractivity contribution in [2.24, 2.45) is 0 Å². The summed E-state index contributed by atoms with van der Waals surface area (Å²) in [6, 6.07) is 2.56. The van der Waals surface area contributed by atoms with Crippen LogP contribution in [-0.2, 0) is 10.0 Å². The monoisotopic (exact) mass is 270 g/mol. The van der Waals surface area contributed by atoms with Crippen molar-refractivity contribution in [1.82, 2.24) is 19.8 Å². The number of aromatic nitrogens is 2. The number of nitrogens with one attached hydrogen (secondary N) is 2. The Bertz CT molecular complexity index is 501. The average molecular weight is 270 g/mol. The summed E-state index contributed by atoms with van der Waals surface area (Å²) in [5, 5.41) is 9.95. The lowest BCUT2D eigenvalue weighted by Gasteiger charge is -2.34. The first-order valence-corrected chi connectivity index (χ1v) is 7.75. The third-order valence-electron chi connectivity index (χ3n) is 4.09.